The molecule has 3 rings (SSSR count). The molecule has 2 atom stereocenters. The number of hydrogen-bond donors (Lipinski definition) is 2. The van der Waals surface area contributed by atoms with Crippen molar-refractivity contribution in [2.45, 2.75) is 43.8 Å². The lowest BCUT2D eigenvalue weighted by atomic mass is 9.84. The van der Waals surface area contributed by atoms with Gasteiger partial charge in [0, 0.05) is 18.7 Å². The first kappa shape index (κ1) is 16.8. The van der Waals surface area contributed by atoms with Crippen LogP contribution in [0.1, 0.15) is 37.7 Å². The Labute approximate surface area is 141 Å². The summed E-state index contributed by atoms with van der Waals surface area (Å²) in [6.45, 7) is 1.03. The van der Waals surface area contributed by atoms with Crippen molar-refractivity contribution in [1.29, 1.82) is 0 Å². The van der Waals surface area contributed by atoms with E-state index in [1.165, 1.54) is 0 Å². The molecule has 1 saturated heterocycles. The Morgan fingerprint density at radius 1 is 1.25 bits per heavy atom. The summed E-state index contributed by atoms with van der Waals surface area (Å²) in [6.07, 6.45) is 3.45. The highest BCUT2D eigenvalue weighted by Gasteiger charge is 2.37. The van der Waals surface area contributed by atoms with E-state index in [2.05, 4.69) is 0 Å². The largest absolute Gasteiger partial charge is 0.490 e. The highest BCUT2D eigenvalue weighted by atomic mass is 16.5. The number of likely N-dealkylation sites (tertiary alicyclic amines) is 1. The van der Waals surface area contributed by atoms with Crippen LogP contribution in [0.2, 0.25) is 0 Å². The second kappa shape index (κ2) is 6.81. The van der Waals surface area contributed by atoms with Crippen LogP contribution in [0.15, 0.2) is 24.3 Å². The molecule has 2 N–H and O–H groups in total. The molecule has 2 aliphatic rings. The van der Waals surface area contributed by atoms with Gasteiger partial charge >= 0.3 is 5.97 Å². The molecule has 24 heavy (non-hydrogen) atoms. The first-order valence-electron chi connectivity index (χ1n) is 8.42. The summed E-state index contributed by atoms with van der Waals surface area (Å²) in [5, 5.41) is 20.2. The Hall–Kier alpha value is -2.08. The molecule has 1 aliphatic carbocycles. The van der Waals surface area contributed by atoms with Gasteiger partial charge in [-0.3, -0.25) is 9.59 Å². The minimum atomic E-state index is -1.01. The molecule has 130 valence electrons. The quantitative estimate of drug-likeness (QED) is 0.802. The lowest BCUT2D eigenvalue weighted by Gasteiger charge is -2.38. The zero-order chi connectivity index (χ0) is 17.2. The van der Waals surface area contributed by atoms with Crippen molar-refractivity contribution in [1.82, 2.24) is 4.90 Å². The molecule has 6 nitrogen and oxygen atoms in total. The molecule has 6 heteroatoms. The Morgan fingerprint density at radius 3 is 2.58 bits per heavy atom. The van der Waals surface area contributed by atoms with Gasteiger partial charge in [0.15, 0.2) is 0 Å². The number of carbonyl (C=O) groups is 2. The lowest BCUT2D eigenvalue weighted by Crippen LogP contribution is -2.42. The maximum atomic E-state index is 11.1. The van der Waals surface area contributed by atoms with Crippen LogP contribution in [-0.4, -0.2) is 46.7 Å². The highest BCUT2D eigenvalue weighted by Crippen LogP contribution is 2.39. The average Bonchev–Trinajstić information content (AvgIpc) is 3.05. The van der Waals surface area contributed by atoms with Crippen LogP contribution in [0.4, 0.5) is 0 Å². The summed E-state index contributed by atoms with van der Waals surface area (Å²) >= 11 is 0. The third-order valence-corrected chi connectivity index (χ3v) is 5.19. The Kier molecular flexibility index (Phi) is 4.76. The molecule has 2 fully saturated rings. The first-order chi connectivity index (χ1) is 11.5. The van der Waals surface area contributed by atoms with E-state index >= 15 is 0 Å². The fraction of sp³-hybridized carbons (Fsp3) is 0.556. The van der Waals surface area contributed by atoms with Gasteiger partial charge in [-0.25, -0.2) is 0 Å². The number of carboxylic acid groups (broad SMARTS) is 1. The van der Waals surface area contributed by atoms with E-state index in [0.29, 0.717) is 50.9 Å². The Balaban J connectivity index is 1.74. The Morgan fingerprint density at radius 2 is 1.96 bits per heavy atom. The molecule has 0 bridgehead atoms. The molecular weight excluding hydrogens is 310 g/mol. The first-order valence-corrected chi connectivity index (χ1v) is 8.42. The van der Waals surface area contributed by atoms with Crippen molar-refractivity contribution in [3.8, 4) is 5.75 Å². The molecule has 1 saturated carbocycles. The van der Waals surface area contributed by atoms with Crippen LogP contribution in [-0.2, 0) is 15.2 Å². The van der Waals surface area contributed by atoms with Gasteiger partial charge < -0.3 is 19.8 Å². The van der Waals surface area contributed by atoms with Gasteiger partial charge in [-0.15, -0.1) is 0 Å². The Bertz CT molecular complexity index is 609. The lowest BCUT2D eigenvalue weighted by molar-refractivity contribution is -0.141. The van der Waals surface area contributed by atoms with Crippen molar-refractivity contribution in [2.75, 3.05) is 13.1 Å². The molecule has 1 heterocycles. The number of nitrogens with zero attached hydrogens (tertiary/aromatic N) is 1. The number of ether oxygens (including phenoxy) is 1. The standard InChI is InChI=1S/C18H23NO5/c20-12-19-9-7-18(23,8-10-19)15-3-1-2-4-16(15)24-14-6-5-13(11-14)17(21)22/h1-4,12-14,23H,5-11H2,(H,21,22). The van der Waals surface area contributed by atoms with E-state index < -0.39 is 11.6 Å². The number of para-hydroxylation sites is 1. The van der Waals surface area contributed by atoms with E-state index in [1.807, 2.05) is 24.3 Å². The molecule has 0 aromatic heterocycles. The van der Waals surface area contributed by atoms with Crippen molar-refractivity contribution in [3.05, 3.63) is 29.8 Å². The number of carbonyl (C=O) groups excluding carboxylic acids is 1. The molecular formula is C18H23NO5. The molecule has 0 spiro atoms. The number of hydrogen-bond acceptors (Lipinski definition) is 4. The van der Waals surface area contributed by atoms with Crippen LogP contribution < -0.4 is 4.74 Å². The van der Waals surface area contributed by atoms with E-state index in [4.69, 9.17) is 9.84 Å². The van der Waals surface area contributed by atoms with Crippen LogP contribution in [0.3, 0.4) is 0 Å². The van der Waals surface area contributed by atoms with Gasteiger partial charge in [0.2, 0.25) is 6.41 Å². The summed E-state index contributed by atoms with van der Waals surface area (Å²) in [7, 11) is 0. The summed E-state index contributed by atoms with van der Waals surface area (Å²) in [5.41, 5.74) is -0.282. The molecule has 1 amide bonds. The molecule has 0 radical (unpaired) electrons. The minimum absolute atomic E-state index is 0.133. The zero-order valence-corrected chi connectivity index (χ0v) is 13.6. The topological polar surface area (TPSA) is 87.1 Å². The maximum absolute atomic E-state index is 11.1. The zero-order valence-electron chi connectivity index (χ0n) is 13.6. The third kappa shape index (κ3) is 3.38. The fourth-order valence-corrected chi connectivity index (χ4v) is 3.67. The van der Waals surface area contributed by atoms with E-state index in [1.54, 1.807) is 4.90 Å². The number of benzene rings is 1. The van der Waals surface area contributed by atoms with Gasteiger partial charge in [0.05, 0.1) is 17.6 Å². The summed E-state index contributed by atoms with van der Waals surface area (Å²) in [5.74, 6) is -0.495. The third-order valence-electron chi connectivity index (χ3n) is 5.19. The summed E-state index contributed by atoms with van der Waals surface area (Å²) in [4.78, 5) is 23.6. The molecule has 1 aromatic rings. The second-order valence-corrected chi connectivity index (χ2v) is 6.76. The number of rotatable bonds is 5. The van der Waals surface area contributed by atoms with Crippen molar-refractivity contribution in [3.63, 3.8) is 0 Å². The summed E-state index contributed by atoms with van der Waals surface area (Å²) in [6, 6.07) is 7.40. The SMILES string of the molecule is O=CN1CCC(O)(c2ccccc2OC2CCC(C(=O)O)C2)CC1. The van der Waals surface area contributed by atoms with E-state index in [-0.39, 0.29) is 12.0 Å². The van der Waals surface area contributed by atoms with E-state index in [0.717, 1.165) is 12.0 Å². The van der Waals surface area contributed by atoms with Gasteiger partial charge in [-0.05, 0) is 38.2 Å². The monoisotopic (exact) mass is 333 g/mol. The van der Waals surface area contributed by atoms with Crippen LogP contribution >= 0.6 is 0 Å². The molecule has 1 aliphatic heterocycles. The number of amides is 1. The normalized spacial score (nSPS) is 26.1. The number of aliphatic carboxylic acids is 1. The van der Waals surface area contributed by atoms with Crippen LogP contribution in [0.5, 0.6) is 5.75 Å². The van der Waals surface area contributed by atoms with Crippen molar-refractivity contribution in [2.24, 2.45) is 5.92 Å². The predicted molar refractivity (Wildman–Crippen MR) is 86.6 cm³/mol. The predicted octanol–water partition coefficient (Wildman–Crippen LogP) is 1.76. The fourth-order valence-electron chi connectivity index (χ4n) is 3.67. The molecule has 2 unspecified atom stereocenters. The number of aliphatic hydroxyl groups is 1. The van der Waals surface area contributed by atoms with Crippen LogP contribution in [0.25, 0.3) is 0 Å². The highest BCUT2D eigenvalue weighted by molar-refractivity contribution is 5.70. The van der Waals surface area contributed by atoms with Gasteiger partial charge in [-0.2, -0.15) is 0 Å². The molecule has 1 aromatic carbocycles. The van der Waals surface area contributed by atoms with Crippen LogP contribution in [0, 0.1) is 5.92 Å². The van der Waals surface area contributed by atoms with Gasteiger partial charge in [0.1, 0.15) is 5.75 Å². The van der Waals surface area contributed by atoms with Crippen molar-refractivity contribution >= 4 is 12.4 Å². The summed E-state index contributed by atoms with van der Waals surface area (Å²) < 4.78 is 6.05. The number of piperidine rings is 1. The average molecular weight is 333 g/mol. The maximum Gasteiger partial charge on any atom is 0.306 e. The second-order valence-electron chi connectivity index (χ2n) is 6.76. The van der Waals surface area contributed by atoms with Gasteiger partial charge in [0.25, 0.3) is 0 Å². The minimum Gasteiger partial charge on any atom is -0.490 e. The van der Waals surface area contributed by atoms with Gasteiger partial charge in [-0.1, -0.05) is 18.2 Å². The smallest absolute Gasteiger partial charge is 0.306 e. The number of carboxylic acids is 1. The van der Waals surface area contributed by atoms with Crippen molar-refractivity contribution < 1.29 is 24.5 Å². The van der Waals surface area contributed by atoms with E-state index in [9.17, 15) is 14.7 Å².